The smallest absolute Gasteiger partial charge is 0.227 e. The summed E-state index contributed by atoms with van der Waals surface area (Å²) < 4.78 is 13.1. The first-order chi connectivity index (χ1) is 14.0. The van der Waals surface area contributed by atoms with Crippen molar-refractivity contribution in [1.29, 1.82) is 0 Å². The van der Waals surface area contributed by atoms with Crippen LogP contribution in [0.3, 0.4) is 0 Å². The molecule has 0 aliphatic carbocycles. The van der Waals surface area contributed by atoms with Crippen LogP contribution >= 0.6 is 0 Å². The molecule has 2 amide bonds. The average molecular weight is 396 g/mol. The van der Waals surface area contributed by atoms with Gasteiger partial charge in [0.15, 0.2) is 0 Å². The lowest BCUT2D eigenvalue weighted by Gasteiger charge is -2.33. The summed E-state index contributed by atoms with van der Waals surface area (Å²) in [6.45, 7) is 4.18. The Morgan fingerprint density at radius 1 is 1.17 bits per heavy atom. The van der Waals surface area contributed by atoms with Gasteiger partial charge in [-0.1, -0.05) is 12.1 Å². The molecular weight excluding hydrogens is 371 g/mol. The molecule has 2 aliphatic rings. The van der Waals surface area contributed by atoms with Crippen molar-refractivity contribution in [1.82, 2.24) is 19.8 Å². The first-order valence-corrected chi connectivity index (χ1v) is 10.1. The number of carbonyl (C=O) groups is 2. The summed E-state index contributed by atoms with van der Waals surface area (Å²) in [5.41, 5.74) is 2.84. The van der Waals surface area contributed by atoms with E-state index in [0.29, 0.717) is 19.6 Å². The van der Waals surface area contributed by atoms with Crippen LogP contribution in [-0.4, -0.2) is 51.2 Å². The Labute approximate surface area is 169 Å². The third-order valence-electron chi connectivity index (χ3n) is 5.81. The van der Waals surface area contributed by atoms with E-state index >= 15 is 0 Å². The van der Waals surface area contributed by atoms with E-state index in [4.69, 9.17) is 4.98 Å². The molecular formula is C22H25FN4O2. The van der Waals surface area contributed by atoms with E-state index in [1.165, 1.54) is 12.1 Å². The SMILES string of the molecule is CC(=O)N1CCc2nc([C@H]3CCCN(C(=O)Cc4ccc(F)cc4)C3)ncc2C1. The molecule has 1 saturated heterocycles. The van der Waals surface area contributed by atoms with Gasteiger partial charge in [0.2, 0.25) is 11.8 Å². The maximum atomic E-state index is 13.1. The predicted octanol–water partition coefficient (Wildman–Crippen LogP) is 2.47. The van der Waals surface area contributed by atoms with Crippen molar-refractivity contribution in [3.05, 3.63) is 58.9 Å². The molecule has 1 aromatic heterocycles. The molecule has 3 heterocycles. The van der Waals surface area contributed by atoms with Gasteiger partial charge in [0, 0.05) is 57.2 Å². The van der Waals surface area contributed by atoms with Crippen LogP contribution in [0, 0.1) is 5.82 Å². The molecule has 0 unspecified atom stereocenters. The Balaban J connectivity index is 1.42. The van der Waals surface area contributed by atoms with Crippen molar-refractivity contribution in [2.75, 3.05) is 19.6 Å². The number of piperidine rings is 1. The zero-order valence-electron chi connectivity index (χ0n) is 16.6. The lowest BCUT2D eigenvalue weighted by Crippen LogP contribution is -2.40. The van der Waals surface area contributed by atoms with Gasteiger partial charge in [-0.05, 0) is 30.5 Å². The molecule has 1 atom stereocenters. The summed E-state index contributed by atoms with van der Waals surface area (Å²) in [7, 11) is 0. The molecule has 0 N–H and O–H groups in total. The molecule has 2 aromatic rings. The zero-order valence-corrected chi connectivity index (χ0v) is 16.6. The van der Waals surface area contributed by atoms with Gasteiger partial charge in [-0.3, -0.25) is 9.59 Å². The van der Waals surface area contributed by atoms with Crippen molar-refractivity contribution in [3.8, 4) is 0 Å². The summed E-state index contributed by atoms with van der Waals surface area (Å²) in [6.07, 6.45) is 4.73. The summed E-state index contributed by atoms with van der Waals surface area (Å²) in [5, 5.41) is 0. The summed E-state index contributed by atoms with van der Waals surface area (Å²) in [6, 6.07) is 6.09. The van der Waals surface area contributed by atoms with E-state index in [-0.39, 0.29) is 30.0 Å². The Bertz CT molecular complexity index is 916. The second kappa shape index (κ2) is 8.27. The van der Waals surface area contributed by atoms with Gasteiger partial charge in [-0.2, -0.15) is 0 Å². The van der Waals surface area contributed by atoms with Gasteiger partial charge in [0.1, 0.15) is 11.6 Å². The van der Waals surface area contributed by atoms with Crippen LogP contribution in [0.1, 0.15) is 48.3 Å². The topological polar surface area (TPSA) is 66.4 Å². The van der Waals surface area contributed by atoms with Crippen LogP contribution in [0.4, 0.5) is 4.39 Å². The summed E-state index contributed by atoms with van der Waals surface area (Å²) in [4.78, 5) is 37.4. The van der Waals surface area contributed by atoms with Crippen LogP contribution in [-0.2, 0) is 29.0 Å². The second-order valence-electron chi connectivity index (χ2n) is 7.87. The van der Waals surface area contributed by atoms with Gasteiger partial charge in [0.05, 0.1) is 12.1 Å². The number of benzene rings is 1. The highest BCUT2D eigenvalue weighted by Crippen LogP contribution is 2.27. The van der Waals surface area contributed by atoms with Crippen LogP contribution in [0.25, 0.3) is 0 Å². The lowest BCUT2D eigenvalue weighted by molar-refractivity contribution is -0.131. The van der Waals surface area contributed by atoms with E-state index in [2.05, 4.69) is 4.98 Å². The van der Waals surface area contributed by atoms with Gasteiger partial charge >= 0.3 is 0 Å². The van der Waals surface area contributed by atoms with Crippen LogP contribution in [0.5, 0.6) is 0 Å². The van der Waals surface area contributed by atoms with Crippen molar-refractivity contribution in [3.63, 3.8) is 0 Å². The third-order valence-corrected chi connectivity index (χ3v) is 5.81. The molecule has 6 nitrogen and oxygen atoms in total. The maximum absolute atomic E-state index is 13.1. The summed E-state index contributed by atoms with van der Waals surface area (Å²) >= 11 is 0. The molecule has 0 spiro atoms. The molecule has 1 fully saturated rings. The monoisotopic (exact) mass is 396 g/mol. The van der Waals surface area contributed by atoms with Gasteiger partial charge in [0.25, 0.3) is 0 Å². The van der Waals surface area contributed by atoms with E-state index < -0.39 is 0 Å². The standard InChI is InChI=1S/C22H25FN4O2/c1-15(28)26-10-8-20-18(14-26)12-24-22(25-20)17-3-2-9-27(13-17)21(29)11-16-4-6-19(23)7-5-16/h4-7,12,17H,2-3,8-11,13-14H2,1H3/t17-/m0/s1. The van der Waals surface area contributed by atoms with E-state index in [9.17, 15) is 14.0 Å². The normalized spacial score (nSPS) is 19.0. The van der Waals surface area contributed by atoms with E-state index in [1.807, 2.05) is 16.0 Å². The van der Waals surface area contributed by atoms with Crippen molar-refractivity contribution in [2.45, 2.75) is 45.1 Å². The van der Waals surface area contributed by atoms with Crippen LogP contribution in [0.2, 0.25) is 0 Å². The molecule has 0 radical (unpaired) electrons. The van der Waals surface area contributed by atoms with Crippen LogP contribution in [0.15, 0.2) is 30.5 Å². The van der Waals surface area contributed by atoms with Crippen molar-refractivity contribution < 1.29 is 14.0 Å². The molecule has 152 valence electrons. The van der Waals surface area contributed by atoms with Gasteiger partial charge in [-0.25, -0.2) is 14.4 Å². The lowest BCUT2D eigenvalue weighted by atomic mass is 9.96. The third kappa shape index (κ3) is 4.44. The largest absolute Gasteiger partial charge is 0.342 e. The highest BCUT2D eigenvalue weighted by atomic mass is 19.1. The first-order valence-electron chi connectivity index (χ1n) is 10.1. The van der Waals surface area contributed by atoms with E-state index in [1.54, 1.807) is 19.1 Å². The molecule has 0 bridgehead atoms. The maximum Gasteiger partial charge on any atom is 0.227 e. The number of likely N-dealkylation sites (tertiary alicyclic amines) is 1. The quantitative estimate of drug-likeness (QED) is 0.800. The van der Waals surface area contributed by atoms with E-state index in [0.717, 1.165) is 48.5 Å². The fourth-order valence-electron chi connectivity index (χ4n) is 4.10. The molecule has 2 aliphatic heterocycles. The number of hydrogen-bond acceptors (Lipinski definition) is 4. The molecule has 4 rings (SSSR count). The number of aromatic nitrogens is 2. The minimum atomic E-state index is -0.296. The number of carbonyl (C=O) groups excluding carboxylic acids is 2. The Morgan fingerprint density at radius 3 is 2.72 bits per heavy atom. The number of halogens is 1. The minimum absolute atomic E-state index is 0.0522. The number of fused-ring (bicyclic) bond motifs is 1. The van der Waals surface area contributed by atoms with Gasteiger partial charge in [-0.15, -0.1) is 0 Å². The Kier molecular flexibility index (Phi) is 5.56. The molecule has 7 heteroatoms. The summed E-state index contributed by atoms with van der Waals surface area (Å²) in [5.74, 6) is 0.741. The van der Waals surface area contributed by atoms with Gasteiger partial charge < -0.3 is 9.80 Å². The average Bonchev–Trinajstić information content (AvgIpc) is 2.74. The molecule has 1 aromatic carbocycles. The van der Waals surface area contributed by atoms with Crippen molar-refractivity contribution >= 4 is 11.8 Å². The first kappa shape index (κ1) is 19.5. The highest BCUT2D eigenvalue weighted by Gasteiger charge is 2.28. The second-order valence-corrected chi connectivity index (χ2v) is 7.87. The number of rotatable bonds is 3. The number of hydrogen-bond donors (Lipinski definition) is 0. The van der Waals surface area contributed by atoms with Crippen LogP contribution < -0.4 is 0 Å². The predicted molar refractivity (Wildman–Crippen MR) is 105 cm³/mol. The Hall–Kier alpha value is -2.83. The fraction of sp³-hybridized carbons (Fsp3) is 0.455. The fourth-order valence-corrected chi connectivity index (χ4v) is 4.10. The van der Waals surface area contributed by atoms with Crippen molar-refractivity contribution in [2.24, 2.45) is 0 Å². The molecule has 0 saturated carbocycles. The minimum Gasteiger partial charge on any atom is -0.342 e. The number of nitrogens with zero attached hydrogens (tertiary/aromatic N) is 4. The number of amides is 2. The Morgan fingerprint density at radius 2 is 1.97 bits per heavy atom. The highest BCUT2D eigenvalue weighted by molar-refractivity contribution is 5.79. The molecule has 29 heavy (non-hydrogen) atoms. The zero-order chi connectivity index (χ0) is 20.4.